The summed E-state index contributed by atoms with van der Waals surface area (Å²) in [6, 6.07) is 17.0. The maximum absolute atomic E-state index is 13.7. The van der Waals surface area contributed by atoms with E-state index in [2.05, 4.69) is 4.98 Å². The zero-order valence-electron chi connectivity index (χ0n) is 10.0. The number of rotatable bonds is 1. The molecule has 3 rings (SSSR count). The molecule has 2 aromatic carbocycles. The van der Waals surface area contributed by atoms with Crippen molar-refractivity contribution >= 4 is 10.8 Å². The molecule has 0 atom stereocenters. The minimum Gasteiger partial charge on any atom is -0.252 e. The number of hydrogen-bond donors (Lipinski definition) is 0. The molecule has 88 valence electrons. The molecule has 1 aromatic heterocycles. The minimum absolute atomic E-state index is 0.211. The summed E-state index contributed by atoms with van der Waals surface area (Å²) < 4.78 is 13.7. The van der Waals surface area contributed by atoms with Gasteiger partial charge in [0.15, 0.2) is 0 Å². The Kier molecular flexibility index (Phi) is 2.56. The Labute approximate surface area is 105 Å². The molecule has 0 bridgehead atoms. The van der Waals surface area contributed by atoms with E-state index in [0.29, 0.717) is 5.39 Å². The highest BCUT2D eigenvalue weighted by Gasteiger charge is 2.07. The van der Waals surface area contributed by atoms with Crippen molar-refractivity contribution in [3.05, 3.63) is 66.1 Å². The van der Waals surface area contributed by atoms with Crippen LogP contribution in [0, 0.1) is 12.7 Å². The van der Waals surface area contributed by atoms with Crippen molar-refractivity contribution in [2.75, 3.05) is 0 Å². The molecule has 1 heterocycles. The molecular formula is C16H12FN. The van der Waals surface area contributed by atoms with Crippen LogP contribution >= 0.6 is 0 Å². The largest absolute Gasteiger partial charge is 0.252 e. The Morgan fingerprint density at radius 1 is 0.944 bits per heavy atom. The normalized spacial score (nSPS) is 10.8. The van der Waals surface area contributed by atoms with Crippen molar-refractivity contribution in [3.8, 4) is 11.3 Å². The third kappa shape index (κ3) is 1.76. The molecule has 0 saturated heterocycles. The Hall–Kier alpha value is -2.22. The predicted molar refractivity (Wildman–Crippen MR) is 71.9 cm³/mol. The fourth-order valence-electron chi connectivity index (χ4n) is 2.22. The lowest BCUT2D eigenvalue weighted by molar-refractivity contribution is 0.639. The monoisotopic (exact) mass is 237 g/mol. The molecule has 18 heavy (non-hydrogen) atoms. The van der Waals surface area contributed by atoms with Crippen molar-refractivity contribution in [1.29, 1.82) is 0 Å². The van der Waals surface area contributed by atoms with Crippen LogP contribution in [0.5, 0.6) is 0 Å². The number of aromatic nitrogens is 1. The number of aryl methyl sites for hydroxylation is 1. The van der Waals surface area contributed by atoms with E-state index in [1.54, 1.807) is 6.07 Å². The summed E-state index contributed by atoms with van der Waals surface area (Å²) in [5.74, 6) is -0.211. The van der Waals surface area contributed by atoms with Crippen LogP contribution in [-0.2, 0) is 0 Å². The van der Waals surface area contributed by atoms with Gasteiger partial charge in [-0.2, -0.15) is 0 Å². The number of nitrogens with zero attached hydrogens (tertiary/aromatic N) is 1. The van der Waals surface area contributed by atoms with E-state index in [1.807, 2.05) is 49.4 Å². The van der Waals surface area contributed by atoms with E-state index >= 15 is 0 Å². The zero-order valence-corrected chi connectivity index (χ0v) is 10.0. The van der Waals surface area contributed by atoms with Gasteiger partial charge in [-0.1, -0.05) is 42.5 Å². The second-order valence-corrected chi connectivity index (χ2v) is 4.30. The first kappa shape index (κ1) is 10.9. The summed E-state index contributed by atoms with van der Waals surface area (Å²) in [6.45, 7) is 1.85. The lowest BCUT2D eigenvalue weighted by atomic mass is 10.0. The third-order valence-electron chi connectivity index (χ3n) is 3.06. The van der Waals surface area contributed by atoms with Gasteiger partial charge in [0.1, 0.15) is 5.82 Å². The molecule has 0 aliphatic carbocycles. The molecule has 0 aliphatic heterocycles. The van der Waals surface area contributed by atoms with Crippen molar-refractivity contribution in [1.82, 2.24) is 4.98 Å². The topological polar surface area (TPSA) is 12.9 Å². The predicted octanol–water partition coefficient (Wildman–Crippen LogP) is 4.35. The molecule has 0 N–H and O–H groups in total. The highest BCUT2D eigenvalue weighted by atomic mass is 19.1. The van der Waals surface area contributed by atoms with Crippen molar-refractivity contribution in [3.63, 3.8) is 0 Å². The highest BCUT2D eigenvalue weighted by Crippen LogP contribution is 2.26. The van der Waals surface area contributed by atoms with Gasteiger partial charge in [0, 0.05) is 16.6 Å². The molecule has 0 spiro atoms. The summed E-state index contributed by atoms with van der Waals surface area (Å²) in [4.78, 5) is 4.49. The first-order valence-corrected chi connectivity index (χ1v) is 5.87. The van der Waals surface area contributed by atoms with Crippen LogP contribution in [-0.4, -0.2) is 4.98 Å². The van der Waals surface area contributed by atoms with Crippen molar-refractivity contribution in [2.24, 2.45) is 0 Å². The molecule has 0 radical (unpaired) electrons. The summed E-state index contributed by atoms with van der Waals surface area (Å²) in [6.07, 6.45) is 0. The van der Waals surface area contributed by atoms with Crippen molar-refractivity contribution in [2.45, 2.75) is 6.92 Å². The molecule has 2 heteroatoms. The summed E-state index contributed by atoms with van der Waals surface area (Å²) in [7, 11) is 0. The number of benzene rings is 2. The van der Waals surface area contributed by atoms with E-state index < -0.39 is 0 Å². The van der Waals surface area contributed by atoms with Crippen LogP contribution in [0.15, 0.2) is 54.6 Å². The van der Waals surface area contributed by atoms with Crippen LogP contribution in [0.1, 0.15) is 5.69 Å². The van der Waals surface area contributed by atoms with Gasteiger partial charge in [0.25, 0.3) is 0 Å². The maximum atomic E-state index is 13.7. The van der Waals surface area contributed by atoms with E-state index in [0.717, 1.165) is 22.3 Å². The number of hydrogen-bond acceptors (Lipinski definition) is 1. The second-order valence-electron chi connectivity index (χ2n) is 4.30. The highest BCUT2D eigenvalue weighted by molar-refractivity contribution is 5.88. The van der Waals surface area contributed by atoms with Crippen LogP contribution in [0.4, 0.5) is 4.39 Å². The van der Waals surface area contributed by atoms with E-state index in [4.69, 9.17) is 0 Å². The lowest BCUT2D eigenvalue weighted by Gasteiger charge is -2.07. The van der Waals surface area contributed by atoms with E-state index in [9.17, 15) is 4.39 Å². The SMILES string of the molecule is Cc1nc(-c2ccccc2)cc2cccc(F)c12. The molecule has 0 unspecified atom stereocenters. The summed E-state index contributed by atoms with van der Waals surface area (Å²) in [5, 5.41) is 1.50. The fourth-order valence-corrected chi connectivity index (χ4v) is 2.22. The number of fused-ring (bicyclic) bond motifs is 1. The van der Waals surface area contributed by atoms with Gasteiger partial charge in [-0.15, -0.1) is 0 Å². The second kappa shape index (κ2) is 4.22. The van der Waals surface area contributed by atoms with Crippen LogP contribution in [0.3, 0.4) is 0 Å². The van der Waals surface area contributed by atoms with Crippen LogP contribution in [0.25, 0.3) is 22.0 Å². The fraction of sp³-hybridized carbons (Fsp3) is 0.0625. The van der Waals surface area contributed by atoms with Gasteiger partial charge < -0.3 is 0 Å². The van der Waals surface area contributed by atoms with Gasteiger partial charge in [-0.05, 0) is 24.4 Å². The van der Waals surface area contributed by atoms with Gasteiger partial charge in [-0.25, -0.2) is 4.39 Å². The molecule has 0 amide bonds. The van der Waals surface area contributed by atoms with Crippen LogP contribution in [0.2, 0.25) is 0 Å². The van der Waals surface area contributed by atoms with E-state index in [-0.39, 0.29) is 5.82 Å². The average Bonchev–Trinajstić information content (AvgIpc) is 2.39. The molecule has 0 aliphatic rings. The average molecular weight is 237 g/mol. The Bertz CT molecular complexity index is 705. The van der Waals surface area contributed by atoms with Gasteiger partial charge in [0.2, 0.25) is 0 Å². The number of halogens is 1. The Morgan fingerprint density at radius 2 is 1.72 bits per heavy atom. The van der Waals surface area contributed by atoms with E-state index in [1.165, 1.54) is 6.07 Å². The molecule has 0 fully saturated rings. The maximum Gasteiger partial charge on any atom is 0.132 e. The lowest BCUT2D eigenvalue weighted by Crippen LogP contribution is -1.91. The zero-order chi connectivity index (χ0) is 12.5. The Balaban J connectivity index is 2.29. The minimum atomic E-state index is -0.211. The quantitative estimate of drug-likeness (QED) is 0.613. The first-order valence-electron chi connectivity index (χ1n) is 5.87. The third-order valence-corrected chi connectivity index (χ3v) is 3.06. The van der Waals surface area contributed by atoms with Gasteiger partial charge in [0.05, 0.1) is 5.69 Å². The summed E-state index contributed by atoms with van der Waals surface area (Å²) >= 11 is 0. The molecule has 1 nitrogen and oxygen atoms in total. The summed E-state index contributed by atoms with van der Waals surface area (Å²) in [5.41, 5.74) is 2.66. The van der Waals surface area contributed by atoms with Crippen molar-refractivity contribution < 1.29 is 4.39 Å². The Morgan fingerprint density at radius 3 is 2.50 bits per heavy atom. The molecule has 0 saturated carbocycles. The van der Waals surface area contributed by atoms with Crippen LogP contribution < -0.4 is 0 Å². The number of pyridine rings is 1. The standard InChI is InChI=1S/C16H12FN/c1-11-16-13(8-5-9-14(16)17)10-15(18-11)12-6-3-2-4-7-12/h2-10H,1H3. The van der Waals surface area contributed by atoms with Gasteiger partial charge >= 0.3 is 0 Å². The van der Waals surface area contributed by atoms with Gasteiger partial charge in [-0.3, -0.25) is 4.98 Å². The molecule has 3 aromatic rings. The first-order chi connectivity index (χ1) is 8.75. The smallest absolute Gasteiger partial charge is 0.132 e. The molecular weight excluding hydrogens is 225 g/mol.